The molecule has 0 unspecified atom stereocenters. The molecule has 0 aliphatic heterocycles. The highest BCUT2D eigenvalue weighted by atomic mass is 32.1. The van der Waals surface area contributed by atoms with E-state index in [2.05, 4.69) is 34.4 Å². The van der Waals surface area contributed by atoms with Crippen LogP contribution >= 0.6 is 11.3 Å². The van der Waals surface area contributed by atoms with Crippen LogP contribution in [-0.2, 0) is 11.3 Å². The molecule has 1 amide bonds. The monoisotopic (exact) mass is 412 g/mol. The van der Waals surface area contributed by atoms with E-state index >= 15 is 0 Å². The number of hydrogen-bond acceptors (Lipinski definition) is 5. The number of unbranched alkanes of at least 4 members (excludes halogenated alkanes) is 1. The van der Waals surface area contributed by atoms with Gasteiger partial charge in [-0.25, -0.2) is 4.98 Å². The van der Waals surface area contributed by atoms with Crippen molar-refractivity contribution in [3.05, 3.63) is 57.5 Å². The third-order valence-corrected chi connectivity index (χ3v) is 6.29. The lowest BCUT2D eigenvalue weighted by atomic mass is 10.2. The van der Waals surface area contributed by atoms with Crippen molar-refractivity contribution in [3.63, 3.8) is 0 Å². The van der Waals surface area contributed by atoms with E-state index in [1.54, 1.807) is 6.33 Å². The Labute approximate surface area is 175 Å². The quantitative estimate of drug-likeness (QED) is 0.546. The maximum Gasteiger partial charge on any atom is 0.262 e. The number of para-hydroxylation sites is 1. The van der Waals surface area contributed by atoms with Gasteiger partial charge in [-0.2, -0.15) is 0 Å². The zero-order chi connectivity index (χ0) is 20.8. The summed E-state index contributed by atoms with van der Waals surface area (Å²) in [5.41, 5.74) is 2.12. The minimum atomic E-state index is -0.0615. The number of nitrogens with zero attached hydrogens (tertiary/aromatic N) is 3. The highest BCUT2D eigenvalue weighted by Gasteiger charge is 2.12. The highest BCUT2D eigenvalue weighted by molar-refractivity contribution is 7.18. The molecule has 0 atom stereocenters. The molecule has 0 aliphatic rings. The average molecular weight is 413 g/mol. The summed E-state index contributed by atoms with van der Waals surface area (Å²) in [5, 5.41) is 3.63. The number of aromatic nitrogens is 2. The number of fused-ring (bicyclic) bond motifs is 1. The summed E-state index contributed by atoms with van der Waals surface area (Å²) in [4.78, 5) is 33.2. The molecule has 1 N–H and O–H groups in total. The van der Waals surface area contributed by atoms with E-state index in [9.17, 15) is 9.59 Å². The van der Waals surface area contributed by atoms with Gasteiger partial charge in [0.25, 0.3) is 5.56 Å². The van der Waals surface area contributed by atoms with Gasteiger partial charge in [-0.05, 0) is 44.4 Å². The number of carbonyl (C=O) groups excluding carboxylic acids is 1. The van der Waals surface area contributed by atoms with Crippen LogP contribution in [0.5, 0.6) is 0 Å². The molecule has 0 spiro atoms. The van der Waals surface area contributed by atoms with Gasteiger partial charge in [0.1, 0.15) is 4.83 Å². The number of thiophene rings is 1. The van der Waals surface area contributed by atoms with Crippen molar-refractivity contribution in [2.75, 3.05) is 25.0 Å². The Balaban J connectivity index is 1.40. The molecule has 0 bridgehead atoms. The molecular weight excluding hydrogens is 384 g/mol. The Hall–Kier alpha value is -2.67. The van der Waals surface area contributed by atoms with Gasteiger partial charge in [0, 0.05) is 43.7 Å². The minimum Gasteiger partial charge on any atom is -0.375 e. The molecule has 0 saturated carbocycles. The number of anilines is 1. The van der Waals surface area contributed by atoms with Crippen LogP contribution in [0.3, 0.4) is 0 Å². The molecule has 29 heavy (non-hydrogen) atoms. The van der Waals surface area contributed by atoms with Crippen LogP contribution in [0, 0.1) is 13.8 Å². The topological polar surface area (TPSA) is 67.2 Å². The second-order valence-corrected chi connectivity index (χ2v) is 8.47. The predicted molar refractivity (Wildman–Crippen MR) is 120 cm³/mol. The summed E-state index contributed by atoms with van der Waals surface area (Å²) in [7, 11) is 2.08. The summed E-state index contributed by atoms with van der Waals surface area (Å²) in [6.45, 7) is 5.88. The van der Waals surface area contributed by atoms with Crippen LogP contribution in [0.25, 0.3) is 10.2 Å². The summed E-state index contributed by atoms with van der Waals surface area (Å²) in [5.74, 6) is -0.0355. The molecule has 0 fully saturated rings. The van der Waals surface area contributed by atoms with Crippen molar-refractivity contribution in [3.8, 4) is 0 Å². The van der Waals surface area contributed by atoms with Gasteiger partial charge in [0.15, 0.2) is 0 Å². The fourth-order valence-electron chi connectivity index (χ4n) is 3.25. The van der Waals surface area contributed by atoms with Gasteiger partial charge in [0.05, 0.1) is 11.7 Å². The van der Waals surface area contributed by atoms with Crippen molar-refractivity contribution >= 4 is 33.1 Å². The van der Waals surface area contributed by atoms with Gasteiger partial charge in [-0.15, -0.1) is 11.3 Å². The molecule has 0 aliphatic carbocycles. The number of aryl methyl sites for hydroxylation is 3. The lowest BCUT2D eigenvalue weighted by Gasteiger charge is -2.19. The van der Waals surface area contributed by atoms with Crippen LogP contribution in [0.4, 0.5) is 5.69 Å². The van der Waals surface area contributed by atoms with E-state index in [1.165, 1.54) is 21.6 Å². The van der Waals surface area contributed by atoms with E-state index < -0.39 is 0 Å². The van der Waals surface area contributed by atoms with Gasteiger partial charge in [-0.1, -0.05) is 18.2 Å². The Morgan fingerprint density at radius 3 is 2.72 bits per heavy atom. The lowest BCUT2D eigenvalue weighted by molar-refractivity contribution is -0.121. The van der Waals surface area contributed by atoms with Crippen molar-refractivity contribution in [2.45, 2.75) is 39.7 Å². The summed E-state index contributed by atoms with van der Waals surface area (Å²) < 4.78 is 1.54. The summed E-state index contributed by atoms with van der Waals surface area (Å²) >= 11 is 1.54. The molecule has 2 heterocycles. The van der Waals surface area contributed by atoms with Crippen molar-refractivity contribution < 1.29 is 4.79 Å². The molecule has 3 aromatic rings. The fourth-order valence-corrected chi connectivity index (χ4v) is 4.24. The zero-order valence-electron chi connectivity index (χ0n) is 17.3. The number of benzene rings is 1. The van der Waals surface area contributed by atoms with Crippen LogP contribution in [0.2, 0.25) is 0 Å². The molecule has 2 aromatic heterocycles. The van der Waals surface area contributed by atoms with Crippen molar-refractivity contribution in [2.24, 2.45) is 0 Å². The molecule has 0 radical (unpaired) electrons. The maximum absolute atomic E-state index is 12.6. The molecule has 154 valence electrons. The van der Waals surface area contributed by atoms with E-state index in [-0.39, 0.29) is 17.9 Å². The number of hydrogen-bond donors (Lipinski definition) is 1. The van der Waals surface area contributed by atoms with Crippen LogP contribution in [0.1, 0.15) is 29.7 Å². The van der Waals surface area contributed by atoms with Gasteiger partial charge in [0.2, 0.25) is 5.91 Å². The average Bonchev–Trinajstić information content (AvgIpc) is 3.02. The second kappa shape index (κ2) is 9.69. The predicted octanol–water partition coefficient (Wildman–Crippen LogP) is 3.50. The second-order valence-electron chi connectivity index (χ2n) is 7.27. The molecule has 7 heteroatoms. The first-order valence-electron chi connectivity index (χ1n) is 9.95. The summed E-state index contributed by atoms with van der Waals surface area (Å²) in [6, 6.07) is 10.3. The highest BCUT2D eigenvalue weighted by Crippen LogP contribution is 2.25. The molecule has 1 aromatic carbocycles. The van der Waals surface area contributed by atoms with Gasteiger partial charge in [-0.3, -0.25) is 14.2 Å². The van der Waals surface area contributed by atoms with Crippen molar-refractivity contribution in [1.29, 1.82) is 0 Å². The first-order chi connectivity index (χ1) is 14.0. The lowest BCUT2D eigenvalue weighted by Crippen LogP contribution is -2.28. The Morgan fingerprint density at radius 2 is 1.97 bits per heavy atom. The van der Waals surface area contributed by atoms with E-state index in [0.717, 1.165) is 34.7 Å². The molecule has 0 saturated heterocycles. The van der Waals surface area contributed by atoms with Crippen LogP contribution < -0.4 is 15.8 Å². The third-order valence-electron chi connectivity index (χ3n) is 5.18. The fraction of sp³-hybridized carbons (Fsp3) is 0.409. The number of rotatable bonds is 9. The SMILES string of the molecule is Cc1sc2ncn(CCC(=O)NCCCCN(C)c3ccccc3)c(=O)c2c1C. The standard InChI is InChI=1S/C22H28N4O2S/c1-16-17(2)29-21-20(16)22(28)26(15-24-21)14-11-19(27)23-12-7-8-13-25(3)18-9-5-4-6-10-18/h4-6,9-10,15H,7-8,11-14H2,1-3H3,(H,23,27). The Bertz CT molecular complexity index is 1030. The van der Waals surface area contributed by atoms with Crippen LogP contribution in [0.15, 0.2) is 41.5 Å². The maximum atomic E-state index is 12.6. The number of amides is 1. The Morgan fingerprint density at radius 1 is 1.21 bits per heavy atom. The van der Waals surface area contributed by atoms with E-state index in [0.29, 0.717) is 18.5 Å². The number of nitrogens with one attached hydrogen (secondary N) is 1. The first-order valence-corrected chi connectivity index (χ1v) is 10.8. The van der Waals surface area contributed by atoms with E-state index in [4.69, 9.17) is 0 Å². The molecule has 6 nitrogen and oxygen atoms in total. The summed E-state index contributed by atoms with van der Waals surface area (Å²) in [6.07, 6.45) is 3.75. The molecular formula is C22H28N4O2S. The number of carbonyl (C=O) groups is 1. The minimum absolute atomic E-state index is 0.0355. The first kappa shape index (κ1) is 21.0. The Kier molecular flexibility index (Phi) is 7.04. The van der Waals surface area contributed by atoms with Crippen molar-refractivity contribution in [1.82, 2.24) is 14.9 Å². The largest absolute Gasteiger partial charge is 0.375 e. The zero-order valence-corrected chi connectivity index (χ0v) is 18.1. The van der Waals surface area contributed by atoms with Crippen LogP contribution in [-0.4, -0.2) is 35.6 Å². The molecule has 3 rings (SSSR count). The normalized spacial score (nSPS) is 11.0. The van der Waals surface area contributed by atoms with E-state index in [1.807, 2.05) is 32.0 Å². The van der Waals surface area contributed by atoms with Gasteiger partial charge < -0.3 is 10.2 Å². The van der Waals surface area contributed by atoms with Gasteiger partial charge >= 0.3 is 0 Å². The smallest absolute Gasteiger partial charge is 0.262 e. The third kappa shape index (κ3) is 5.23.